The Kier molecular flexibility index (Phi) is 12.9. The third kappa shape index (κ3) is 9.14. The van der Waals surface area contributed by atoms with Gasteiger partial charge >= 0.3 is 0 Å². The van der Waals surface area contributed by atoms with E-state index < -0.39 is 0 Å². The van der Waals surface area contributed by atoms with Crippen molar-refractivity contribution in [3.63, 3.8) is 0 Å². The molecule has 2 heteroatoms. The van der Waals surface area contributed by atoms with Crippen LogP contribution in [0, 0.1) is 0 Å². The highest BCUT2D eigenvalue weighted by Crippen LogP contribution is 2.54. The summed E-state index contributed by atoms with van der Waals surface area (Å²) in [5, 5.41) is 4.87. The van der Waals surface area contributed by atoms with E-state index >= 15 is 0 Å². The van der Waals surface area contributed by atoms with Gasteiger partial charge in [0.2, 0.25) is 0 Å². The summed E-state index contributed by atoms with van der Waals surface area (Å²) in [5.74, 6) is 0. The molecule has 0 fully saturated rings. The molecule has 0 heterocycles. The van der Waals surface area contributed by atoms with Gasteiger partial charge in [-0.2, -0.15) is 0 Å². The molecule has 0 unspecified atom stereocenters. The Labute approximate surface area is 505 Å². The second-order valence-electron chi connectivity index (χ2n) is 24.1. The summed E-state index contributed by atoms with van der Waals surface area (Å²) in [7, 11) is 0. The minimum atomic E-state index is -0.221. The first-order valence-corrected chi connectivity index (χ1v) is 30.1. The fourth-order valence-corrected chi connectivity index (χ4v) is 13.8. The molecule has 2 nitrogen and oxygen atoms in total. The van der Waals surface area contributed by atoms with E-state index in [9.17, 15) is 0 Å². The van der Waals surface area contributed by atoms with Gasteiger partial charge in [0.05, 0.1) is 22.7 Å². The molecule has 86 heavy (non-hydrogen) atoms. The summed E-state index contributed by atoms with van der Waals surface area (Å²) in [4.78, 5) is 4.94. The fourth-order valence-electron chi connectivity index (χ4n) is 13.8. The molecule has 0 saturated heterocycles. The average Bonchev–Trinajstić information content (AvgIpc) is 1.62. The van der Waals surface area contributed by atoms with Gasteiger partial charge in [-0.3, -0.25) is 0 Å². The van der Waals surface area contributed by atoms with Crippen molar-refractivity contribution in [2.45, 2.75) is 38.5 Å². The molecule has 0 bridgehead atoms. The SMILES string of the molecule is CC1(C)c2cc(C=Cc3ccc(C=Cc4ccc5c(c4)C(C)(C)c4cc(N(c6ccccc6-c6ccccc6)c6cccc7ccccc67)ccc4-5)cc3)ccc2-c2ccc(N(c3ccccc3-c3ccccc3)c3cccc4ccccc34)cc21. The molecule has 0 N–H and O–H groups in total. The van der Waals surface area contributed by atoms with Gasteiger partial charge in [-0.05, 0) is 137 Å². The van der Waals surface area contributed by atoms with Crippen LogP contribution in [0.2, 0.25) is 0 Å². The van der Waals surface area contributed by atoms with Crippen LogP contribution < -0.4 is 9.80 Å². The Morgan fingerprint density at radius 3 is 0.988 bits per heavy atom. The number of para-hydroxylation sites is 2. The molecule has 410 valence electrons. The van der Waals surface area contributed by atoms with Crippen LogP contribution in [0.1, 0.15) is 72.2 Å². The molecular formula is C84H64N2. The van der Waals surface area contributed by atoms with Gasteiger partial charge in [0.15, 0.2) is 0 Å². The van der Waals surface area contributed by atoms with Crippen LogP contribution in [0.25, 0.3) is 90.4 Å². The minimum absolute atomic E-state index is 0.221. The highest BCUT2D eigenvalue weighted by atomic mass is 15.2. The zero-order valence-corrected chi connectivity index (χ0v) is 48.9. The molecule has 15 rings (SSSR count). The standard InChI is InChI=1S/C84H64N2/c1-83(2)75-53-59(45-49-71(75)73-51-47-65(55-77(73)83)85(81-35-19-27-63-25-11-13-29-69(63)81)79-33-17-15-31-67(79)61-21-7-5-8-22-61)43-41-57-37-39-58(40-38-57)42-44-60-46-50-72-74-52-48-66(56-78(74)84(3,4)76(72)54-60)86(82-36-20-28-64-26-12-14-30-70(64)82)80-34-18-16-32-68(80)62-23-9-6-10-24-62/h5-56H,1-4H3. The molecule has 0 aromatic heterocycles. The van der Waals surface area contributed by atoms with Crippen LogP contribution in [-0.2, 0) is 10.8 Å². The Morgan fingerprint density at radius 2 is 0.558 bits per heavy atom. The van der Waals surface area contributed by atoms with E-state index in [0.717, 1.165) is 45.3 Å². The van der Waals surface area contributed by atoms with Crippen molar-refractivity contribution in [1.82, 2.24) is 0 Å². The molecule has 0 amide bonds. The van der Waals surface area contributed by atoms with E-state index in [1.807, 2.05) is 0 Å². The quantitative estimate of drug-likeness (QED) is 0.113. The van der Waals surface area contributed by atoms with E-state index in [2.05, 4.69) is 353 Å². The van der Waals surface area contributed by atoms with Gasteiger partial charge < -0.3 is 9.80 Å². The zero-order chi connectivity index (χ0) is 57.9. The molecule has 0 radical (unpaired) electrons. The first-order chi connectivity index (χ1) is 42.2. The van der Waals surface area contributed by atoms with E-state index in [1.165, 1.54) is 99.4 Å². The number of anilines is 6. The Bertz CT molecular complexity index is 4490. The van der Waals surface area contributed by atoms with Crippen LogP contribution in [0.4, 0.5) is 34.1 Å². The Hall–Kier alpha value is -10.5. The molecule has 0 atom stereocenters. The first kappa shape index (κ1) is 52.3. The second-order valence-corrected chi connectivity index (χ2v) is 24.1. The van der Waals surface area contributed by atoms with E-state index in [1.54, 1.807) is 0 Å². The molecule has 0 spiro atoms. The summed E-state index contributed by atoms with van der Waals surface area (Å²) in [5.41, 5.74) is 26.5. The van der Waals surface area contributed by atoms with E-state index in [0.29, 0.717) is 0 Å². The molecule has 0 saturated carbocycles. The maximum Gasteiger partial charge on any atom is 0.0540 e. The number of nitrogens with zero attached hydrogens (tertiary/aromatic N) is 2. The number of hydrogen-bond donors (Lipinski definition) is 0. The molecule has 13 aromatic carbocycles. The Balaban J connectivity index is 0.679. The normalized spacial score (nSPS) is 13.4. The maximum atomic E-state index is 2.47. The van der Waals surface area contributed by atoms with E-state index in [-0.39, 0.29) is 10.8 Å². The largest absolute Gasteiger partial charge is 0.309 e. The van der Waals surface area contributed by atoms with E-state index in [4.69, 9.17) is 0 Å². The van der Waals surface area contributed by atoms with Crippen molar-refractivity contribution < 1.29 is 0 Å². The van der Waals surface area contributed by atoms with Gasteiger partial charge in [0.1, 0.15) is 0 Å². The van der Waals surface area contributed by atoms with Crippen molar-refractivity contribution >= 4 is 80.0 Å². The predicted molar refractivity (Wildman–Crippen MR) is 368 cm³/mol. The smallest absolute Gasteiger partial charge is 0.0540 e. The molecule has 2 aliphatic carbocycles. The lowest BCUT2D eigenvalue weighted by Crippen LogP contribution is -2.17. The van der Waals surface area contributed by atoms with Crippen molar-refractivity contribution in [3.05, 3.63) is 336 Å². The maximum absolute atomic E-state index is 2.47. The summed E-state index contributed by atoms with van der Waals surface area (Å²) in [6, 6.07) is 107. The van der Waals surface area contributed by atoms with Crippen LogP contribution in [0.3, 0.4) is 0 Å². The van der Waals surface area contributed by atoms with Gasteiger partial charge in [-0.15, -0.1) is 0 Å². The highest BCUT2D eigenvalue weighted by Gasteiger charge is 2.38. The van der Waals surface area contributed by atoms with Gasteiger partial charge in [-0.25, -0.2) is 0 Å². The third-order valence-corrected chi connectivity index (χ3v) is 18.2. The highest BCUT2D eigenvalue weighted by molar-refractivity contribution is 6.03. The predicted octanol–water partition coefficient (Wildman–Crippen LogP) is 23.2. The molecule has 13 aromatic rings. The van der Waals surface area contributed by atoms with Crippen molar-refractivity contribution in [2.24, 2.45) is 0 Å². The zero-order valence-electron chi connectivity index (χ0n) is 48.9. The number of benzene rings is 13. The fraction of sp³-hybridized carbons (Fsp3) is 0.0714. The van der Waals surface area contributed by atoms with Crippen molar-refractivity contribution in [2.75, 3.05) is 9.80 Å². The molecular weight excluding hydrogens is 1040 g/mol. The summed E-state index contributed by atoms with van der Waals surface area (Å²) < 4.78 is 0. The lowest BCUT2D eigenvalue weighted by Gasteiger charge is -2.30. The van der Waals surface area contributed by atoms with Crippen molar-refractivity contribution in [1.29, 1.82) is 0 Å². The number of rotatable bonds is 12. The third-order valence-electron chi connectivity index (χ3n) is 18.2. The number of fused-ring (bicyclic) bond motifs is 8. The minimum Gasteiger partial charge on any atom is -0.309 e. The van der Waals surface area contributed by atoms with Gasteiger partial charge in [0.25, 0.3) is 0 Å². The van der Waals surface area contributed by atoms with Crippen LogP contribution in [-0.4, -0.2) is 0 Å². The average molecular weight is 1100 g/mol. The topological polar surface area (TPSA) is 6.48 Å². The van der Waals surface area contributed by atoms with Crippen LogP contribution in [0.15, 0.2) is 291 Å². The summed E-state index contributed by atoms with van der Waals surface area (Å²) in [6.07, 6.45) is 9.00. The van der Waals surface area contributed by atoms with Gasteiger partial charge in [0, 0.05) is 44.1 Å². The molecule has 2 aliphatic rings. The summed E-state index contributed by atoms with van der Waals surface area (Å²) in [6.45, 7) is 9.53. The second kappa shape index (κ2) is 21.3. The lowest BCUT2D eigenvalue weighted by atomic mass is 9.81. The summed E-state index contributed by atoms with van der Waals surface area (Å²) >= 11 is 0. The van der Waals surface area contributed by atoms with Crippen molar-refractivity contribution in [3.8, 4) is 44.5 Å². The first-order valence-electron chi connectivity index (χ1n) is 30.1. The number of hydrogen-bond acceptors (Lipinski definition) is 2. The molecule has 0 aliphatic heterocycles. The lowest BCUT2D eigenvalue weighted by molar-refractivity contribution is 0.660. The van der Waals surface area contributed by atoms with Crippen LogP contribution >= 0.6 is 0 Å². The van der Waals surface area contributed by atoms with Crippen LogP contribution in [0.5, 0.6) is 0 Å². The van der Waals surface area contributed by atoms with Gasteiger partial charge in [-0.1, -0.05) is 295 Å². The monoisotopic (exact) mass is 1100 g/mol. The Morgan fingerprint density at radius 1 is 0.244 bits per heavy atom.